The fraction of sp³-hybridized carbons (Fsp3) is 0. The molecule has 0 aliphatic rings. The molecule has 0 fully saturated rings. The summed E-state index contributed by atoms with van der Waals surface area (Å²) in [5, 5.41) is 0. The van der Waals surface area contributed by atoms with Gasteiger partial charge in [-0.1, -0.05) is 0 Å². The average molecular weight is 306 g/mol. The molecule has 0 bridgehead atoms. The molecule has 0 unspecified atom stereocenters. The van der Waals surface area contributed by atoms with Gasteiger partial charge in [-0.3, -0.25) is 9.52 Å². The Morgan fingerprint density at radius 1 is 0.952 bits per heavy atom. The van der Waals surface area contributed by atoms with Gasteiger partial charge in [-0.05, 0) is 24.3 Å². The maximum absolute atomic E-state index is 12.2. The zero-order valence-corrected chi connectivity index (χ0v) is 11.3. The first-order valence-corrected chi connectivity index (χ1v) is 7.36. The van der Waals surface area contributed by atoms with Crippen LogP contribution in [0.1, 0.15) is 0 Å². The molecule has 0 saturated heterocycles. The maximum atomic E-state index is 12.2. The van der Waals surface area contributed by atoms with Crippen molar-refractivity contribution >= 4 is 26.7 Å². The van der Waals surface area contributed by atoms with Gasteiger partial charge >= 0.3 is 5.69 Å². The van der Waals surface area contributed by atoms with E-state index in [1.807, 2.05) is 0 Å². The van der Waals surface area contributed by atoms with Crippen molar-refractivity contribution in [3.05, 3.63) is 57.4 Å². The third-order valence-corrected chi connectivity index (χ3v) is 4.21. The van der Waals surface area contributed by atoms with Crippen LogP contribution in [0.5, 0.6) is 0 Å². The van der Waals surface area contributed by atoms with Gasteiger partial charge in [-0.25, -0.2) is 13.2 Å². The Morgan fingerprint density at radius 2 is 1.71 bits per heavy atom. The lowest BCUT2D eigenvalue weighted by molar-refractivity contribution is 0.601. The minimum absolute atomic E-state index is 0.00329. The molecule has 3 rings (SSSR count). The van der Waals surface area contributed by atoms with E-state index in [0.29, 0.717) is 11.0 Å². The highest BCUT2D eigenvalue weighted by Gasteiger charge is 2.15. The molecule has 0 saturated carbocycles. The van der Waals surface area contributed by atoms with Gasteiger partial charge in [0.05, 0.1) is 21.6 Å². The number of nitrogens with one attached hydrogen (secondary N) is 4. The van der Waals surface area contributed by atoms with E-state index in [1.54, 1.807) is 0 Å². The van der Waals surface area contributed by atoms with Crippen molar-refractivity contribution in [3.63, 3.8) is 0 Å². The molecule has 2 aromatic heterocycles. The van der Waals surface area contributed by atoms with Crippen molar-refractivity contribution in [3.8, 4) is 0 Å². The van der Waals surface area contributed by atoms with E-state index in [4.69, 9.17) is 0 Å². The van der Waals surface area contributed by atoms with Gasteiger partial charge in [-0.2, -0.15) is 0 Å². The Morgan fingerprint density at radius 3 is 2.43 bits per heavy atom. The van der Waals surface area contributed by atoms with Crippen LogP contribution in [0.25, 0.3) is 11.0 Å². The van der Waals surface area contributed by atoms with Crippen LogP contribution in [-0.2, 0) is 10.0 Å². The molecule has 21 heavy (non-hydrogen) atoms. The Hall–Kier alpha value is -2.81. The van der Waals surface area contributed by atoms with Crippen molar-refractivity contribution in [2.75, 3.05) is 4.72 Å². The summed E-state index contributed by atoms with van der Waals surface area (Å²) in [6, 6.07) is 6.79. The van der Waals surface area contributed by atoms with Gasteiger partial charge in [-0.15, -0.1) is 0 Å². The maximum Gasteiger partial charge on any atom is 0.323 e. The van der Waals surface area contributed by atoms with Gasteiger partial charge in [0.15, 0.2) is 0 Å². The molecule has 2 heterocycles. The number of rotatable bonds is 3. The molecule has 4 N–H and O–H groups in total. The van der Waals surface area contributed by atoms with E-state index in [1.165, 1.54) is 36.5 Å². The number of sulfonamides is 1. The first kappa shape index (κ1) is 13.2. The van der Waals surface area contributed by atoms with Crippen LogP contribution in [0.3, 0.4) is 0 Å². The fourth-order valence-corrected chi connectivity index (χ4v) is 2.94. The number of aromatic amines is 3. The highest BCUT2D eigenvalue weighted by atomic mass is 32.2. The van der Waals surface area contributed by atoms with E-state index < -0.39 is 15.7 Å². The van der Waals surface area contributed by atoms with Gasteiger partial charge in [0.25, 0.3) is 10.0 Å². The lowest BCUT2D eigenvalue weighted by atomic mass is 10.3. The monoisotopic (exact) mass is 306 g/mol. The first-order chi connectivity index (χ1) is 9.94. The minimum Gasteiger partial charge on any atom is -0.327 e. The van der Waals surface area contributed by atoms with Crippen LogP contribution >= 0.6 is 0 Å². The lowest BCUT2D eigenvalue weighted by Gasteiger charge is -2.07. The molecular weight excluding hydrogens is 296 g/mol. The number of hydrogen-bond donors (Lipinski definition) is 4. The number of H-pyrrole nitrogens is 3. The summed E-state index contributed by atoms with van der Waals surface area (Å²) in [5.41, 5.74) is 0.405. The summed E-state index contributed by atoms with van der Waals surface area (Å²) in [5.74, 6) is 0. The molecule has 0 amide bonds. The smallest absolute Gasteiger partial charge is 0.323 e. The zero-order valence-electron chi connectivity index (χ0n) is 10.5. The van der Waals surface area contributed by atoms with Crippen molar-refractivity contribution in [1.29, 1.82) is 0 Å². The van der Waals surface area contributed by atoms with Crippen molar-refractivity contribution in [1.82, 2.24) is 15.0 Å². The number of anilines is 1. The van der Waals surface area contributed by atoms with Crippen molar-refractivity contribution in [2.45, 2.75) is 4.90 Å². The Bertz CT molecular complexity index is 1010. The second kappa shape index (κ2) is 4.63. The molecule has 9 heteroatoms. The summed E-state index contributed by atoms with van der Waals surface area (Å²) in [7, 11) is -3.82. The average Bonchev–Trinajstić information content (AvgIpc) is 2.80. The van der Waals surface area contributed by atoms with Crippen LogP contribution in [0.15, 0.2) is 51.0 Å². The molecule has 1 aromatic carbocycles. The third-order valence-electron chi connectivity index (χ3n) is 2.83. The lowest BCUT2D eigenvalue weighted by Crippen LogP contribution is -2.14. The topological polar surface area (TPSA) is 128 Å². The van der Waals surface area contributed by atoms with Crippen molar-refractivity contribution in [2.24, 2.45) is 0 Å². The summed E-state index contributed by atoms with van der Waals surface area (Å²) in [6.45, 7) is 0. The second-order valence-electron chi connectivity index (χ2n) is 4.33. The van der Waals surface area contributed by atoms with Crippen LogP contribution in [0, 0.1) is 0 Å². The number of pyridine rings is 1. The second-order valence-corrected chi connectivity index (χ2v) is 6.02. The SMILES string of the molecule is O=c1ccc(NS(=O)(=O)c2ccc3[nH]c(=O)[nH]c3c2)c[nH]1. The van der Waals surface area contributed by atoms with E-state index in [0.717, 1.165) is 0 Å². The fourth-order valence-electron chi connectivity index (χ4n) is 1.87. The van der Waals surface area contributed by atoms with Crippen LogP contribution in [0.4, 0.5) is 5.69 Å². The summed E-state index contributed by atoms with van der Waals surface area (Å²) >= 11 is 0. The van der Waals surface area contributed by atoms with Gasteiger partial charge in [0.2, 0.25) is 5.56 Å². The first-order valence-electron chi connectivity index (χ1n) is 5.88. The van der Waals surface area contributed by atoms with Gasteiger partial charge in [0, 0.05) is 12.3 Å². The summed E-state index contributed by atoms with van der Waals surface area (Å²) < 4.78 is 26.8. The Labute approximate surface area is 117 Å². The normalized spacial score (nSPS) is 11.6. The molecule has 0 radical (unpaired) electrons. The minimum atomic E-state index is -3.82. The molecular formula is C12H10N4O4S. The van der Waals surface area contributed by atoms with Crippen LogP contribution in [-0.4, -0.2) is 23.4 Å². The number of aromatic nitrogens is 3. The zero-order chi connectivity index (χ0) is 15.0. The molecule has 108 valence electrons. The van der Waals surface area contributed by atoms with Crippen LogP contribution < -0.4 is 16.0 Å². The van der Waals surface area contributed by atoms with E-state index in [9.17, 15) is 18.0 Å². The van der Waals surface area contributed by atoms with E-state index in [2.05, 4.69) is 19.7 Å². The highest BCUT2D eigenvalue weighted by Crippen LogP contribution is 2.18. The molecule has 3 aromatic rings. The predicted molar refractivity (Wildman–Crippen MR) is 76.8 cm³/mol. The quantitative estimate of drug-likeness (QED) is 0.556. The standard InChI is InChI=1S/C12H10N4O4S/c17-11-4-1-7(6-13-11)16-21(19,20)8-2-3-9-10(5-8)15-12(18)14-9/h1-6,16H,(H,13,17)(H2,14,15,18). The predicted octanol–water partition coefficient (Wildman–Crippen LogP) is 0.345. The molecule has 8 nitrogen and oxygen atoms in total. The highest BCUT2D eigenvalue weighted by molar-refractivity contribution is 7.92. The van der Waals surface area contributed by atoms with Gasteiger partial charge < -0.3 is 15.0 Å². The summed E-state index contributed by atoms with van der Waals surface area (Å²) in [4.78, 5) is 29.5. The number of benzene rings is 1. The number of hydrogen-bond acceptors (Lipinski definition) is 4. The number of imidazole rings is 1. The molecule has 0 spiro atoms. The summed E-state index contributed by atoms with van der Waals surface area (Å²) in [6.07, 6.45) is 1.26. The van der Waals surface area contributed by atoms with Gasteiger partial charge in [0.1, 0.15) is 0 Å². The molecule has 0 atom stereocenters. The van der Waals surface area contributed by atoms with Crippen molar-refractivity contribution < 1.29 is 8.42 Å². The molecule has 0 aliphatic heterocycles. The Balaban J connectivity index is 2.00. The largest absolute Gasteiger partial charge is 0.327 e. The van der Waals surface area contributed by atoms with E-state index >= 15 is 0 Å². The third kappa shape index (κ3) is 2.58. The Kier molecular flexibility index (Phi) is 2.91. The van der Waals surface area contributed by atoms with E-state index in [-0.39, 0.29) is 16.1 Å². The molecule has 0 aliphatic carbocycles. The number of fused-ring (bicyclic) bond motifs is 1. The van der Waals surface area contributed by atoms with Crippen LogP contribution in [0.2, 0.25) is 0 Å².